The van der Waals surface area contributed by atoms with Crippen LogP contribution in [0.2, 0.25) is 0 Å². The Morgan fingerprint density at radius 1 is 0.621 bits per heavy atom. The van der Waals surface area contributed by atoms with Gasteiger partial charge in [-0.3, -0.25) is 14.8 Å². The lowest BCUT2D eigenvalue weighted by Gasteiger charge is -2.10. The second kappa shape index (κ2) is 8.62. The van der Waals surface area contributed by atoms with Gasteiger partial charge >= 0.3 is 0 Å². The summed E-state index contributed by atoms with van der Waals surface area (Å²) in [6.45, 7) is 0. The molecule has 0 spiro atoms. The van der Waals surface area contributed by atoms with Crippen LogP contribution in [0.1, 0.15) is 10.4 Å². The number of aromatic nitrogens is 3. The van der Waals surface area contributed by atoms with Gasteiger partial charge in [-0.05, 0) is 54.6 Å². The maximum atomic E-state index is 12.5. The molecule has 3 heterocycles. The van der Waals surface area contributed by atoms with Crippen molar-refractivity contribution in [1.29, 1.82) is 0 Å². The topological polar surface area (TPSA) is 91.8 Å². The van der Waals surface area contributed by atoms with Crippen LogP contribution in [-0.2, 0) is 0 Å². The maximum absolute atomic E-state index is 12.5. The Kier molecular flexibility index (Phi) is 5.39. The van der Waals surface area contributed by atoms with Crippen LogP contribution in [0.5, 0.6) is 0 Å². The van der Waals surface area contributed by atoms with Gasteiger partial charge in [-0.2, -0.15) is 0 Å². The van der Waals surface area contributed by atoms with Crippen molar-refractivity contribution in [1.82, 2.24) is 15.0 Å². The molecule has 0 aliphatic heterocycles. The van der Waals surface area contributed by atoms with Crippen molar-refractivity contribution in [2.45, 2.75) is 0 Å². The van der Waals surface area contributed by atoms with E-state index in [2.05, 4.69) is 30.9 Å². The normalized spacial score (nSPS) is 10.2. The maximum Gasteiger partial charge on any atom is 0.256 e. The highest BCUT2D eigenvalue weighted by Gasteiger charge is 2.08. The van der Waals surface area contributed by atoms with E-state index >= 15 is 0 Å². The number of anilines is 5. The van der Waals surface area contributed by atoms with Gasteiger partial charge in [0.05, 0.1) is 0 Å². The minimum atomic E-state index is -0.228. The minimum Gasteiger partial charge on any atom is -0.355 e. The SMILES string of the molecule is O=C(Nc1cc(Nc2ccncc2)ccn1)c1ccc(Nc2ccncc2)cc1. The van der Waals surface area contributed by atoms with E-state index < -0.39 is 0 Å². The van der Waals surface area contributed by atoms with Crippen LogP contribution in [-0.4, -0.2) is 20.9 Å². The third kappa shape index (κ3) is 4.92. The zero-order chi connectivity index (χ0) is 19.9. The Labute approximate surface area is 167 Å². The molecule has 7 heteroatoms. The highest BCUT2D eigenvalue weighted by atomic mass is 16.1. The summed E-state index contributed by atoms with van der Waals surface area (Å²) < 4.78 is 0. The molecule has 0 unspecified atom stereocenters. The molecule has 0 radical (unpaired) electrons. The van der Waals surface area contributed by atoms with Crippen molar-refractivity contribution < 1.29 is 4.79 Å². The van der Waals surface area contributed by atoms with E-state index in [9.17, 15) is 4.79 Å². The number of nitrogens with zero attached hydrogens (tertiary/aromatic N) is 3. The van der Waals surface area contributed by atoms with Gasteiger partial charge in [0.25, 0.3) is 5.91 Å². The number of hydrogen-bond acceptors (Lipinski definition) is 6. The zero-order valence-electron chi connectivity index (χ0n) is 15.4. The van der Waals surface area contributed by atoms with E-state index in [0.717, 1.165) is 22.7 Å². The Hall–Kier alpha value is -4.26. The molecule has 142 valence electrons. The molecular weight excluding hydrogens is 364 g/mol. The second-order valence-corrected chi connectivity index (χ2v) is 6.18. The lowest BCUT2D eigenvalue weighted by atomic mass is 10.2. The van der Waals surface area contributed by atoms with Crippen molar-refractivity contribution in [3.63, 3.8) is 0 Å². The number of hydrogen-bond donors (Lipinski definition) is 3. The second-order valence-electron chi connectivity index (χ2n) is 6.18. The number of pyridine rings is 3. The summed E-state index contributed by atoms with van der Waals surface area (Å²) in [5.74, 6) is 0.238. The van der Waals surface area contributed by atoms with Crippen LogP contribution < -0.4 is 16.0 Å². The van der Waals surface area contributed by atoms with Gasteiger partial charge in [0, 0.05) is 65.4 Å². The van der Waals surface area contributed by atoms with Gasteiger partial charge in [0.2, 0.25) is 0 Å². The molecule has 29 heavy (non-hydrogen) atoms. The highest BCUT2D eigenvalue weighted by Crippen LogP contribution is 2.19. The summed E-state index contributed by atoms with van der Waals surface area (Å²) in [5.41, 5.74) is 4.08. The van der Waals surface area contributed by atoms with E-state index in [1.807, 2.05) is 42.5 Å². The fourth-order valence-corrected chi connectivity index (χ4v) is 2.67. The summed E-state index contributed by atoms with van der Waals surface area (Å²) in [5, 5.41) is 9.32. The number of nitrogens with one attached hydrogen (secondary N) is 3. The lowest BCUT2D eigenvalue weighted by molar-refractivity contribution is 0.102. The van der Waals surface area contributed by atoms with Crippen molar-refractivity contribution in [3.05, 3.63) is 97.2 Å². The Balaban J connectivity index is 1.40. The molecule has 1 aromatic carbocycles. The molecule has 1 amide bonds. The van der Waals surface area contributed by atoms with E-state index in [-0.39, 0.29) is 5.91 Å². The first-order chi connectivity index (χ1) is 14.3. The van der Waals surface area contributed by atoms with Crippen molar-refractivity contribution in [2.75, 3.05) is 16.0 Å². The molecule has 0 fully saturated rings. The van der Waals surface area contributed by atoms with Gasteiger partial charge in [-0.1, -0.05) is 0 Å². The molecular formula is C22H18N6O. The van der Waals surface area contributed by atoms with Gasteiger partial charge in [0.15, 0.2) is 0 Å². The Bertz CT molecular complexity index is 1090. The quantitative estimate of drug-likeness (QED) is 0.451. The first-order valence-corrected chi connectivity index (χ1v) is 8.98. The number of rotatable bonds is 6. The standard InChI is InChI=1S/C22H18N6O/c29-22(16-1-3-17(4-2-16)26-18-5-10-23-11-6-18)28-21-15-20(9-14-25-21)27-19-7-12-24-13-8-19/h1-15H,(H,23,26)(H2,24,25,27,28,29). The summed E-state index contributed by atoms with van der Waals surface area (Å²) in [6.07, 6.45) is 8.49. The van der Waals surface area contributed by atoms with E-state index in [1.54, 1.807) is 49.2 Å². The fourth-order valence-electron chi connectivity index (χ4n) is 2.67. The first kappa shape index (κ1) is 18.1. The third-order valence-corrected chi connectivity index (χ3v) is 4.09. The minimum absolute atomic E-state index is 0.228. The molecule has 7 nitrogen and oxygen atoms in total. The predicted octanol–water partition coefficient (Wildman–Crippen LogP) is 4.61. The van der Waals surface area contributed by atoms with Crippen LogP contribution in [0.3, 0.4) is 0 Å². The van der Waals surface area contributed by atoms with Gasteiger partial charge in [-0.25, -0.2) is 4.98 Å². The molecule has 3 aromatic heterocycles. The van der Waals surface area contributed by atoms with E-state index in [1.165, 1.54) is 0 Å². The number of amides is 1. The summed E-state index contributed by atoms with van der Waals surface area (Å²) in [7, 11) is 0. The molecule has 4 aromatic rings. The predicted molar refractivity (Wildman–Crippen MR) is 114 cm³/mol. The van der Waals surface area contributed by atoms with Gasteiger partial charge in [-0.15, -0.1) is 0 Å². The number of carbonyl (C=O) groups is 1. The highest BCUT2D eigenvalue weighted by molar-refractivity contribution is 6.04. The molecule has 3 N–H and O–H groups in total. The third-order valence-electron chi connectivity index (χ3n) is 4.09. The molecule has 0 atom stereocenters. The molecule has 0 saturated carbocycles. The van der Waals surface area contributed by atoms with Crippen molar-refractivity contribution in [3.8, 4) is 0 Å². The number of benzene rings is 1. The fraction of sp³-hybridized carbons (Fsp3) is 0. The van der Waals surface area contributed by atoms with E-state index in [4.69, 9.17) is 0 Å². The largest absolute Gasteiger partial charge is 0.355 e. The average Bonchev–Trinajstić information content (AvgIpc) is 2.76. The van der Waals surface area contributed by atoms with Crippen LogP contribution in [0.4, 0.5) is 28.6 Å². The summed E-state index contributed by atoms with van der Waals surface area (Å²) in [6, 6.07) is 18.3. The van der Waals surface area contributed by atoms with Gasteiger partial charge < -0.3 is 16.0 Å². The molecule has 0 aliphatic carbocycles. The Morgan fingerprint density at radius 2 is 1.14 bits per heavy atom. The molecule has 4 rings (SSSR count). The lowest BCUT2D eigenvalue weighted by Crippen LogP contribution is -2.13. The number of carbonyl (C=O) groups excluding carboxylic acids is 1. The van der Waals surface area contributed by atoms with Crippen LogP contribution >= 0.6 is 0 Å². The van der Waals surface area contributed by atoms with Crippen molar-refractivity contribution in [2.24, 2.45) is 0 Å². The Morgan fingerprint density at radius 3 is 1.76 bits per heavy atom. The van der Waals surface area contributed by atoms with Gasteiger partial charge in [0.1, 0.15) is 5.82 Å². The van der Waals surface area contributed by atoms with Crippen LogP contribution in [0.15, 0.2) is 91.6 Å². The van der Waals surface area contributed by atoms with Crippen molar-refractivity contribution >= 4 is 34.5 Å². The van der Waals surface area contributed by atoms with Crippen LogP contribution in [0, 0.1) is 0 Å². The molecule has 0 bridgehead atoms. The zero-order valence-corrected chi connectivity index (χ0v) is 15.4. The first-order valence-electron chi connectivity index (χ1n) is 8.98. The van der Waals surface area contributed by atoms with Crippen LogP contribution in [0.25, 0.3) is 0 Å². The summed E-state index contributed by atoms with van der Waals surface area (Å²) >= 11 is 0. The average molecular weight is 382 g/mol. The molecule has 0 aliphatic rings. The monoisotopic (exact) mass is 382 g/mol. The van der Waals surface area contributed by atoms with E-state index in [0.29, 0.717) is 11.4 Å². The summed E-state index contributed by atoms with van der Waals surface area (Å²) in [4.78, 5) is 24.7. The smallest absolute Gasteiger partial charge is 0.256 e. The molecule has 0 saturated heterocycles.